The molecule has 9 heteroatoms. The van der Waals surface area contributed by atoms with Crippen LogP contribution in [0.15, 0.2) is 65.2 Å². The molecule has 0 unspecified atom stereocenters. The van der Waals surface area contributed by atoms with Gasteiger partial charge in [-0.15, -0.1) is 0 Å². The molecule has 0 aliphatic carbocycles. The maximum Gasteiger partial charge on any atom is 0.269 e. The standard InChI is InChI=1S/C19H11ClN4O4/c20-14-8-5-12(19-23-17-16(28-19)2-1-9-21-17)10-15(14)22-18(25)11-3-6-13(7-4-11)24(26)27/h1-10H,(H,22,25). The summed E-state index contributed by atoms with van der Waals surface area (Å²) in [5.41, 5.74) is 2.16. The van der Waals surface area contributed by atoms with Crippen molar-refractivity contribution in [3.63, 3.8) is 0 Å². The number of nitro benzene ring substituents is 1. The third-order valence-electron chi connectivity index (χ3n) is 3.97. The molecule has 4 aromatic rings. The molecule has 138 valence electrons. The highest BCUT2D eigenvalue weighted by molar-refractivity contribution is 6.34. The molecule has 0 saturated carbocycles. The third-order valence-corrected chi connectivity index (χ3v) is 4.30. The maximum absolute atomic E-state index is 12.4. The van der Waals surface area contributed by atoms with Crippen molar-refractivity contribution in [2.75, 3.05) is 5.32 Å². The number of nitrogens with zero attached hydrogens (tertiary/aromatic N) is 3. The number of pyridine rings is 1. The maximum atomic E-state index is 12.4. The smallest absolute Gasteiger partial charge is 0.269 e. The summed E-state index contributed by atoms with van der Waals surface area (Å²) in [6.45, 7) is 0. The monoisotopic (exact) mass is 394 g/mol. The van der Waals surface area contributed by atoms with Gasteiger partial charge in [0.2, 0.25) is 5.89 Å². The van der Waals surface area contributed by atoms with Gasteiger partial charge in [0.15, 0.2) is 11.2 Å². The highest BCUT2D eigenvalue weighted by Crippen LogP contribution is 2.30. The summed E-state index contributed by atoms with van der Waals surface area (Å²) in [5, 5.41) is 13.7. The number of nitrogens with one attached hydrogen (secondary N) is 1. The first-order valence-corrected chi connectivity index (χ1v) is 8.46. The second-order valence-corrected chi connectivity index (χ2v) is 6.20. The highest BCUT2D eigenvalue weighted by atomic mass is 35.5. The number of aromatic nitrogens is 2. The summed E-state index contributed by atoms with van der Waals surface area (Å²) in [6.07, 6.45) is 1.62. The van der Waals surface area contributed by atoms with Crippen molar-refractivity contribution in [1.82, 2.24) is 9.97 Å². The summed E-state index contributed by atoms with van der Waals surface area (Å²) in [5.74, 6) is -0.107. The van der Waals surface area contributed by atoms with Gasteiger partial charge < -0.3 is 9.73 Å². The quantitative estimate of drug-likeness (QED) is 0.396. The van der Waals surface area contributed by atoms with Crippen LogP contribution in [0.1, 0.15) is 10.4 Å². The van der Waals surface area contributed by atoms with Crippen molar-refractivity contribution >= 4 is 40.1 Å². The van der Waals surface area contributed by atoms with E-state index in [2.05, 4.69) is 15.3 Å². The lowest BCUT2D eigenvalue weighted by Gasteiger charge is -2.08. The lowest BCUT2D eigenvalue weighted by molar-refractivity contribution is -0.384. The van der Waals surface area contributed by atoms with Gasteiger partial charge in [0.1, 0.15) is 0 Å². The van der Waals surface area contributed by atoms with E-state index in [-0.39, 0.29) is 11.3 Å². The van der Waals surface area contributed by atoms with Crippen molar-refractivity contribution < 1.29 is 14.1 Å². The SMILES string of the molecule is O=C(Nc1cc(-c2nc3ncccc3o2)ccc1Cl)c1ccc([N+](=O)[O-])cc1. The number of fused-ring (bicyclic) bond motifs is 1. The van der Waals surface area contributed by atoms with Gasteiger partial charge in [0, 0.05) is 29.5 Å². The van der Waals surface area contributed by atoms with Crippen LogP contribution >= 0.6 is 11.6 Å². The Labute approximate surface area is 162 Å². The molecule has 1 N–H and O–H groups in total. The minimum absolute atomic E-state index is 0.0962. The van der Waals surface area contributed by atoms with Crippen LogP contribution < -0.4 is 5.32 Å². The summed E-state index contributed by atoms with van der Waals surface area (Å²) in [4.78, 5) is 31.1. The van der Waals surface area contributed by atoms with Gasteiger partial charge in [0.25, 0.3) is 11.6 Å². The van der Waals surface area contributed by atoms with Crippen LogP contribution in [0.3, 0.4) is 0 Å². The average Bonchev–Trinajstić information content (AvgIpc) is 3.14. The average molecular weight is 395 g/mol. The molecule has 0 bridgehead atoms. The van der Waals surface area contributed by atoms with Crippen molar-refractivity contribution in [2.24, 2.45) is 0 Å². The Hall–Kier alpha value is -3.78. The number of oxazole rings is 1. The van der Waals surface area contributed by atoms with Crippen molar-refractivity contribution in [2.45, 2.75) is 0 Å². The topological polar surface area (TPSA) is 111 Å². The molecule has 2 aromatic heterocycles. The molecule has 0 saturated heterocycles. The Morgan fingerprint density at radius 2 is 1.93 bits per heavy atom. The van der Waals surface area contributed by atoms with Crippen LogP contribution in [-0.2, 0) is 0 Å². The molecule has 0 spiro atoms. The van der Waals surface area contributed by atoms with E-state index in [1.807, 2.05) is 0 Å². The Bertz CT molecular complexity index is 1170. The predicted octanol–water partition coefficient (Wildman–Crippen LogP) is 4.70. The number of hydrogen-bond acceptors (Lipinski definition) is 6. The number of carbonyl (C=O) groups excluding carboxylic acids is 1. The van der Waals surface area contributed by atoms with E-state index in [0.717, 1.165) is 0 Å². The number of non-ortho nitro benzene ring substituents is 1. The number of hydrogen-bond donors (Lipinski definition) is 1. The molecule has 2 aromatic carbocycles. The van der Waals surface area contributed by atoms with Gasteiger partial charge >= 0.3 is 0 Å². The fourth-order valence-electron chi connectivity index (χ4n) is 2.58. The number of anilines is 1. The zero-order valence-corrected chi connectivity index (χ0v) is 14.9. The van der Waals surface area contributed by atoms with Gasteiger partial charge in [-0.05, 0) is 42.5 Å². The highest BCUT2D eigenvalue weighted by Gasteiger charge is 2.14. The molecule has 0 atom stereocenters. The first kappa shape index (κ1) is 17.6. The van der Waals surface area contributed by atoms with Crippen LogP contribution in [0.2, 0.25) is 5.02 Å². The van der Waals surface area contributed by atoms with E-state index in [1.54, 1.807) is 36.5 Å². The third kappa shape index (κ3) is 3.40. The minimum Gasteiger partial charge on any atom is -0.434 e. The van der Waals surface area contributed by atoms with E-state index < -0.39 is 10.8 Å². The Morgan fingerprint density at radius 3 is 2.64 bits per heavy atom. The molecule has 8 nitrogen and oxygen atoms in total. The molecule has 2 heterocycles. The summed E-state index contributed by atoms with van der Waals surface area (Å²) < 4.78 is 5.68. The van der Waals surface area contributed by atoms with Crippen molar-refractivity contribution in [3.8, 4) is 11.5 Å². The van der Waals surface area contributed by atoms with Crippen molar-refractivity contribution in [3.05, 3.63) is 81.5 Å². The molecule has 0 aliphatic rings. The molecule has 28 heavy (non-hydrogen) atoms. The molecular weight excluding hydrogens is 384 g/mol. The fraction of sp³-hybridized carbons (Fsp3) is 0. The van der Waals surface area contributed by atoms with Crippen LogP contribution in [-0.4, -0.2) is 20.8 Å². The number of benzene rings is 2. The number of amides is 1. The molecule has 4 rings (SSSR count). The lowest BCUT2D eigenvalue weighted by Crippen LogP contribution is -2.12. The Balaban J connectivity index is 1.61. The summed E-state index contributed by atoms with van der Waals surface area (Å²) in [7, 11) is 0. The molecule has 0 aliphatic heterocycles. The minimum atomic E-state index is -0.531. The van der Waals surface area contributed by atoms with E-state index in [9.17, 15) is 14.9 Å². The fourth-order valence-corrected chi connectivity index (χ4v) is 2.74. The van der Waals surface area contributed by atoms with E-state index in [4.69, 9.17) is 16.0 Å². The second kappa shape index (κ2) is 7.09. The van der Waals surface area contributed by atoms with Crippen LogP contribution in [0.4, 0.5) is 11.4 Å². The Kier molecular flexibility index (Phi) is 4.46. The van der Waals surface area contributed by atoms with E-state index in [0.29, 0.717) is 33.4 Å². The Morgan fingerprint density at radius 1 is 1.14 bits per heavy atom. The van der Waals surface area contributed by atoms with E-state index in [1.165, 1.54) is 24.3 Å². The van der Waals surface area contributed by atoms with Gasteiger partial charge in [0.05, 0.1) is 15.6 Å². The predicted molar refractivity (Wildman–Crippen MR) is 103 cm³/mol. The largest absolute Gasteiger partial charge is 0.434 e. The van der Waals surface area contributed by atoms with Gasteiger partial charge in [-0.1, -0.05) is 11.6 Å². The molecule has 0 radical (unpaired) electrons. The number of nitro groups is 1. The van der Waals surface area contributed by atoms with E-state index >= 15 is 0 Å². The van der Waals surface area contributed by atoms with Gasteiger partial charge in [-0.2, -0.15) is 4.98 Å². The molecule has 1 amide bonds. The number of rotatable bonds is 4. The van der Waals surface area contributed by atoms with Gasteiger partial charge in [-0.25, -0.2) is 4.98 Å². The van der Waals surface area contributed by atoms with Crippen LogP contribution in [0.5, 0.6) is 0 Å². The van der Waals surface area contributed by atoms with Crippen molar-refractivity contribution in [1.29, 1.82) is 0 Å². The van der Waals surface area contributed by atoms with Gasteiger partial charge in [-0.3, -0.25) is 14.9 Å². The normalized spacial score (nSPS) is 10.8. The zero-order valence-electron chi connectivity index (χ0n) is 14.1. The molecular formula is C19H11ClN4O4. The lowest BCUT2D eigenvalue weighted by atomic mass is 10.1. The number of carbonyl (C=O) groups is 1. The zero-order chi connectivity index (χ0) is 19.7. The number of halogens is 1. The molecule has 0 fully saturated rings. The second-order valence-electron chi connectivity index (χ2n) is 5.80. The summed E-state index contributed by atoms with van der Waals surface area (Å²) >= 11 is 6.19. The first-order valence-electron chi connectivity index (χ1n) is 8.08. The van der Waals surface area contributed by atoms with Crippen LogP contribution in [0.25, 0.3) is 22.7 Å². The first-order chi connectivity index (χ1) is 13.5. The van der Waals surface area contributed by atoms with Crippen LogP contribution in [0, 0.1) is 10.1 Å². The summed E-state index contributed by atoms with van der Waals surface area (Å²) in [6, 6.07) is 13.7.